The van der Waals surface area contributed by atoms with Crippen molar-refractivity contribution >= 4 is 39.9 Å². The van der Waals surface area contributed by atoms with E-state index in [4.69, 9.17) is 16.3 Å². The molecule has 2 aromatic heterocycles. The summed E-state index contributed by atoms with van der Waals surface area (Å²) in [6, 6.07) is 0. The fourth-order valence-electron chi connectivity index (χ4n) is 2.06. The van der Waals surface area contributed by atoms with E-state index in [1.165, 1.54) is 30.3 Å². The van der Waals surface area contributed by atoms with Crippen molar-refractivity contribution in [3.05, 3.63) is 28.5 Å². The zero-order valence-electron chi connectivity index (χ0n) is 12.1. The molecular weight excluding hydrogens is 322 g/mol. The summed E-state index contributed by atoms with van der Waals surface area (Å²) in [5, 5.41) is 5.17. The number of ether oxygens (including phenoxy) is 1. The van der Waals surface area contributed by atoms with E-state index >= 15 is 0 Å². The number of aromatic nitrogens is 2. The van der Waals surface area contributed by atoms with Crippen LogP contribution in [-0.2, 0) is 9.53 Å². The Kier molecular flexibility index (Phi) is 5.12. The van der Waals surface area contributed by atoms with E-state index in [9.17, 15) is 4.79 Å². The van der Waals surface area contributed by atoms with Crippen molar-refractivity contribution in [3.63, 3.8) is 0 Å². The first kappa shape index (κ1) is 15.5. The molecule has 3 rings (SSSR count). The molecular formula is C15H18ClN3O2S. The average molecular weight is 340 g/mol. The van der Waals surface area contributed by atoms with Gasteiger partial charge < -0.3 is 10.1 Å². The van der Waals surface area contributed by atoms with Crippen LogP contribution in [0.25, 0.3) is 11.0 Å². The summed E-state index contributed by atoms with van der Waals surface area (Å²) in [6.45, 7) is 2.18. The van der Waals surface area contributed by atoms with E-state index in [1.54, 1.807) is 6.08 Å². The molecule has 0 saturated heterocycles. The maximum Gasteiger partial charge on any atom is 0.244 e. The first-order valence-electron chi connectivity index (χ1n) is 7.39. The summed E-state index contributed by atoms with van der Waals surface area (Å²) in [7, 11) is 0. The second kappa shape index (κ2) is 7.26. The number of rotatable bonds is 8. The molecule has 1 fully saturated rings. The number of nitrogens with one attached hydrogen (secondary N) is 1. The molecule has 1 aliphatic rings. The molecule has 0 aliphatic heterocycles. The topological polar surface area (TPSA) is 55.6 Å². The number of thiazole rings is 1. The molecule has 0 aromatic carbocycles. The SMILES string of the molecule is O=C(/C=C/c1c(Cl)nc2sccn12)NCCCOCC1CC1. The van der Waals surface area contributed by atoms with Crippen LogP contribution >= 0.6 is 22.9 Å². The smallest absolute Gasteiger partial charge is 0.244 e. The van der Waals surface area contributed by atoms with Crippen LogP contribution in [0.4, 0.5) is 0 Å². The number of hydrogen-bond donors (Lipinski definition) is 1. The molecule has 0 spiro atoms. The Hall–Kier alpha value is -1.37. The molecule has 0 atom stereocenters. The number of imidazole rings is 1. The fourth-order valence-corrected chi connectivity index (χ4v) is 3.07. The van der Waals surface area contributed by atoms with Gasteiger partial charge in [-0.05, 0) is 31.3 Å². The zero-order valence-corrected chi connectivity index (χ0v) is 13.7. The third kappa shape index (κ3) is 4.09. The molecule has 5 nitrogen and oxygen atoms in total. The molecule has 22 heavy (non-hydrogen) atoms. The van der Waals surface area contributed by atoms with E-state index in [2.05, 4.69) is 10.3 Å². The molecule has 2 aromatic rings. The van der Waals surface area contributed by atoms with E-state index in [1.807, 2.05) is 16.0 Å². The van der Waals surface area contributed by atoms with Crippen molar-refractivity contribution in [3.8, 4) is 0 Å². The van der Waals surface area contributed by atoms with Gasteiger partial charge in [-0.15, -0.1) is 11.3 Å². The van der Waals surface area contributed by atoms with Gasteiger partial charge in [0.15, 0.2) is 10.1 Å². The Balaban J connectivity index is 1.40. The Morgan fingerprint density at radius 2 is 2.45 bits per heavy atom. The number of fused-ring (bicyclic) bond motifs is 1. The number of hydrogen-bond acceptors (Lipinski definition) is 4. The second-order valence-electron chi connectivity index (χ2n) is 5.34. The number of amides is 1. The minimum absolute atomic E-state index is 0.136. The summed E-state index contributed by atoms with van der Waals surface area (Å²) >= 11 is 7.56. The Bertz CT molecular complexity index is 675. The van der Waals surface area contributed by atoms with Gasteiger partial charge in [0.05, 0.1) is 5.69 Å². The van der Waals surface area contributed by atoms with Crippen LogP contribution in [0.1, 0.15) is 25.0 Å². The molecule has 1 amide bonds. The van der Waals surface area contributed by atoms with Crippen LogP contribution in [0, 0.1) is 5.92 Å². The molecule has 118 valence electrons. The minimum atomic E-state index is -0.136. The highest BCUT2D eigenvalue weighted by molar-refractivity contribution is 7.15. The van der Waals surface area contributed by atoms with Crippen LogP contribution in [0.15, 0.2) is 17.7 Å². The minimum Gasteiger partial charge on any atom is -0.381 e. The standard InChI is InChI=1S/C15H18ClN3O2S/c16-14-12(19-7-9-22-15(19)18-14)4-5-13(20)17-6-1-8-21-10-11-2-3-11/h4-5,7,9,11H,1-3,6,8,10H2,(H,17,20)/b5-4+. The summed E-state index contributed by atoms with van der Waals surface area (Å²) in [5.41, 5.74) is 0.723. The number of carbonyl (C=O) groups is 1. The lowest BCUT2D eigenvalue weighted by molar-refractivity contribution is -0.116. The van der Waals surface area contributed by atoms with E-state index < -0.39 is 0 Å². The maximum atomic E-state index is 11.8. The largest absolute Gasteiger partial charge is 0.381 e. The highest BCUT2D eigenvalue weighted by Gasteiger charge is 2.20. The average Bonchev–Trinajstić information content (AvgIpc) is 3.13. The van der Waals surface area contributed by atoms with Gasteiger partial charge in [-0.25, -0.2) is 4.98 Å². The quantitative estimate of drug-likeness (QED) is 0.594. The molecule has 0 unspecified atom stereocenters. The fraction of sp³-hybridized carbons (Fsp3) is 0.467. The third-order valence-electron chi connectivity index (χ3n) is 3.46. The molecule has 0 bridgehead atoms. The Morgan fingerprint density at radius 1 is 1.59 bits per heavy atom. The highest BCUT2D eigenvalue weighted by atomic mass is 35.5. The van der Waals surface area contributed by atoms with Crippen molar-refractivity contribution < 1.29 is 9.53 Å². The Morgan fingerprint density at radius 3 is 3.27 bits per heavy atom. The van der Waals surface area contributed by atoms with Gasteiger partial charge in [-0.1, -0.05) is 11.6 Å². The van der Waals surface area contributed by atoms with Crippen molar-refractivity contribution in [1.29, 1.82) is 0 Å². The Labute approximate surface area is 137 Å². The molecule has 7 heteroatoms. The first-order chi connectivity index (χ1) is 10.7. The lowest BCUT2D eigenvalue weighted by Gasteiger charge is -2.03. The van der Waals surface area contributed by atoms with Crippen molar-refractivity contribution in [2.24, 2.45) is 5.92 Å². The monoisotopic (exact) mass is 339 g/mol. The van der Waals surface area contributed by atoms with Gasteiger partial charge >= 0.3 is 0 Å². The molecule has 2 heterocycles. The normalized spacial score (nSPS) is 15.0. The number of carbonyl (C=O) groups excluding carboxylic acids is 1. The molecule has 1 saturated carbocycles. The van der Waals surface area contributed by atoms with E-state index in [0.717, 1.165) is 29.6 Å². The van der Waals surface area contributed by atoms with Gasteiger partial charge in [0, 0.05) is 37.4 Å². The van der Waals surface area contributed by atoms with Gasteiger partial charge in [0.1, 0.15) is 0 Å². The van der Waals surface area contributed by atoms with Gasteiger partial charge in [-0.2, -0.15) is 0 Å². The molecule has 1 N–H and O–H groups in total. The van der Waals surface area contributed by atoms with Crippen LogP contribution in [0.3, 0.4) is 0 Å². The van der Waals surface area contributed by atoms with Crippen LogP contribution in [0.2, 0.25) is 5.15 Å². The predicted octanol–water partition coefficient (Wildman–Crippen LogP) is 3.00. The summed E-state index contributed by atoms with van der Waals surface area (Å²) < 4.78 is 7.38. The van der Waals surface area contributed by atoms with Crippen LogP contribution in [0.5, 0.6) is 0 Å². The van der Waals surface area contributed by atoms with E-state index in [-0.39, 0.29) is 5.91 Å². The van der Waals surface area contributed by atoms with Crippen LogP contribution in [-0.4, -0.2) is 35.1 Å². The van der Waals surface area contributed by atoms with Gasteiger partial charge in [-0.3, -0.25) is 9.20 Å². The van der Waals surface area contributed by atoms with Gasteiger partial charge in [0.2, 0.25) is 5.91 Å². The molecule has 0 radical (unpaired) electrons. The lowest BCUT2D eigenvalue weighted by atomic mass is 10.3. The number of nitrogens with zero attached hydrogens (tertiary/aromatic N) is 2. The van der Waals surface area contributed by atoms with Crippen molar-refractivity contribution in [1.82, 2.24) is 14.7 Å². The summed E-state index contributed by atoms with van der Waals surface area (Å²) in [4.78, 5) is 16.8. The summed E-state index contributed by atoms with van der Waals surface area (Å²) in [6.07, 6.45) is 8.49. The highest BCUT2D eigenvalue weighted by Crippen LogP contribution is 2.28. The predicted molar refractivity (Wildman–Crippen MR) is 88.3 cm³/mol. The maximum absolute atomic E-state index is 11.8. The van der Waals surface area contributed by atoms with Crippen LogP contribution < -0.4 is 5.32 Å². The van der Waals surface area contributed by atoms with Crippen molar-refractivity contribution in [2.45, 2.75) is 19.3 Å². The second-order valence-corrected chi connectivity index (χ2v) is 6.57. The van der Waals surface area contributed by atoms with Crippen molar-refractivity contribution in [2.75, 3.05) is 19.8 Å². The zero-order chi connectivity index (χ0) is 15.4. The third-order valence-corrected chi connectivity index (χ3v) is 4.50. The van der Waals surface area contributed by atoms with E-state index in [0.29, 0.717) is 18.3 Å². The summed E-state index contributed by atoms with van der Waals surface area (Å²) in [5.74, 6) is 0.648. The lowest BCUT2D eigenvalue weighted by Crippen LogP contribution is -2.23. The number of halogens is 1. The first-order valence-corrected chi connectivity index (χ1v) is 8.64. The molecule has 1 aliphatic carbocycles. The van der Waals surface area contributed by atoms with Gasteiger partial charge in [0.25, 0.3) is 0 Å².